The van der Waals surface area contributed by atoms with Crippen LogP contribution in [0.25, 0.3) is 21.7 Å². The summed E-state index contributed by atoms with van der Waals surface area (Å²) in [5, 5.41) is 7.05. The molecule has 0 saturated heterocycles. The van der Waals surface area contributed by atoms with Crippen LogP contribution >= 0.6 is 15.9 Å². The van der Waals surface area contributed by atoms with Crippen molar-refractivity contribution >= 4 is 43.8 Å². The third kappa shape index (κ3) is 4.09. The van der Waals surface area contributed by atoms with Gasteiger partial charge in [0.2, 0.25) is 6.79 Å². The zero-order valence-electron chi connectivity index (χ0n) is 19.3. The van der Waals surface area contributed by atoms with Crippen LogP contribution in [0.15, 0.2) is 87.2 Å². The van der Waals surface area contributed by atoms with Gasteiger partial charge in [0.15, 0.2) is 11.5 Å². The summed E-state index contributed by atoms with van der Waals surface area (Å²) in [7, 11) is 0. The molecule has 0 N–H and O–H groups in total. The standard InChI is InChI=1S/C28H20BrN3O4/c1-17-31-24-9-8-20(29)13-22(24)28(33)32(17)30-14-23-21-5-3-2-4-19(21)7-11-25(23)34-15-18-6-10-26-27(12-18)36-16-35-26/h2-14H,15-16H2,1H3. The van der Waals surface area contributed by atoms with Gasteiger partial charge in [-0.25, -0.2) is 4.98 Å². The first kappa shape index (κ1) is 22.3. The molecule has 0 unspecified atom stereocenters. The van der Waals surface area contributed by atoms with Crippen LogP contribution in [0.5, 0.6) is 17.2 Å². The summed E-state index contributed by atoms with van der Waals surface area (Å²) in [6, 6.07) is 23.1. The van der Waals surface area contributed by atoms with E-state index in [0.29, 0.717) is 34.8 Å². The minimum Gasteiger partial charge on any atom is -0.488 e. The molecule has 1 aliphatic heterocycles. The van der Waals surface area contributed by atoms with E-state index in [-0.39, 0.29) is 12.4 Å². The molecule has 5 aromatic rings. The van der Waals surface area contributed by atoms with Crippen molar-refractivity contribution < 1.29 is 14.2 Å². The van der Waals surface area contributed by atoms with Gasteiger partial charge in [-0.1, -0.05) is 52.3 Å². The fraction of sp³-hybridized carbons (Fsp3) is 0.107. The van der Waals surface area contributed by atoms with Crippen molar-refractivity contribution in [2.75, 3.05) is 6.79 Å². The van der Waals surface area contributed by atoms with Crippen LogP contribution in [0.1, 0.15) is 17.0 Å². The molecule has 0 aliphatic carbocycles. The molecular weight excluding hydrogens is 522 g/mol. The third-order valence-electron chi connectivity index (χ3n) is 6.03. The number of aryl methyl sites for hydroxylation is 1. The molecule has 0 spiro atoms. The lowest BCUT2D eigenvalue weighted by molar-refractivity contribution is 0.174. The van der Waals surface area contributed by atoms with Gasteiger partial charge in [-0.3, -0.25) is 4.79 Å². The van der Waals surface area contributed by atoms with Gasteiger partial charge in [0.25, 0.3) is 5.56 Å². The number of halogens is 1. The van der Waals surface area contributed by atoms with Crippen molar-refractivity contribution in [1.82, 2.24) is 9.66 Å². The van der Waals surface area contributed by atoms with Crippen LogP contribution in [-0.4, -0.2) is 22.7 Å². The van der Waals surface area contributed by atoms with Gasteiger partial charge in [-0.15, -0.1) is 0 Å². The molecule has 1 aromatic heterocycles. The lowest BCUT2D eigenvalue weighted by Gasteiger charge is -2.13. The lowest BCUT2D eigenvalue weighted by Crippen LogP contribution is -2.20. The molecule has 0 fully saturated rings. The Kier molecular flexibility index (Phi) is 5.65. The fourth-order valence-corrected chi connectivity index (χ4v) is 4.60. The highest BCUT2D eigenvalue weighted by Crippen LogP contribution is 2.33. The van der Waals surface area contributed by atoms with Gasteiger partial charge in [-0.2, -0.15) is 9.78 Å². The first-order chi connectivity index (χ1) is 17.6. The summed E-state index contributed by atoms with van der Waals surface area (Å²) in [5.41, 5.74) is 2.12. The summed E-state index contributed by atoms with van der Waals surface area (Å²) >= 11 is 3.43. The van der Waals surface area contributed by atoms with Crippen molar-refractivity contribution in [2.24, 2.45) is 5.10 Å². The highest BCUT2D eigenvalue weighted by molar-refractivity contribution is 9.10. The Morgan fingerprint density at radius 3 is 2.81 bits per heavy atom. The predicted octanol–water partition coefficient (Wildman–Crippen LogP) is 5.81. The average molecular weight is 542 g/mol. The molecule has 1 aliphatic rings. The van der Waals surface area contributed by atoms with Gasteiger partial charge < -0.3 is 14.2 Å². The third-order valence-corrected chi connectivity index (χ3v) is 6.53. The van der Waals surface area contributed by atoms with E-state index in [0.717, 1.165) is 32.1 Å². The van der Waals surface area contributed by atoms with Crippen molar-refractivity contribution in [3.05, 3.63) is 105 Å². The Morgan fingerprint density at radius 2 is 1.89 bits per heavy atom. The van der Waals surface area contributed by atoms with Crippen LogP contribution in [0, 0.1) is 6.92 Å². The zero-order chi connectivity index (χ0) is 24.6. The van der Waals surface area contributed by atoms with Gasteiger partial charge >= 0.3 is 0 Å². The molecule has 6 rings (SSSR count). The first-order valence-corrected chi connectivity index (χ1v) is 12.1. The van der Waals surface area contributed by atoms with E-state index in [4.69, 9.17) is 14.2 Å². The van der Waals surface area contributed by atoms with Gasteiger partial charge in [0.1, 0.15) is 18.2 Å². The van der Waals surface area contributed by atoms with Crippen molar-refractivity contribution in [1.29, 1.82) is 0 Å². The van der Waals surface area contributed by atoms with Crippen LogP contribution in [0.2, 0.25) is 0 Å². The van der Waals surface area contributed by atoms with E-state index in [1.165, 1.54) is 4.68 Å². The van der Waals surface area contributed by atoms with Crippen LogP contribution < -0.4 is 19.8 Å². The SMILES string of the molecule is Cc1nc2ccc(Br)cc2c(=O)n1N=Cc1c(OCc2ccc3c(c2)OCO3)ccc2ccccc12. The van der Waals surface area contributed by atoms with Gasteiger partial charge in [0.05, 0.1) is 17.1 Å². The minimum atomic E-state index is -0.238. The second-order valence-electron chi connectivity index (χ2n) is 8.36. The second kappa shape index (κ2) is 9.13. The Bertz CT molecular complexity index is 1730. The maximum atomic E-state index is 13.2. The fourth-order valence-electron chi connectivity index (χ4n) is 4.24. The number of aromatic nitrogens is 2. The smallest absolute Gasteiger partial charge is 0.282 e. The quantitative estimate of drug-likeness (QED) is 0.262. The number of rotatable bonds is 5. The van der Waals surface area contributed by atoms with Crippen molar-refractivity contribution in [3.63, 3.8) is 0 Å². The lowest BCUT2D eigenvalue weighted by atomic mass is 10.0. The first-order valence-electron chi connectivity index (χ1n) is 11.3. The highest BCUT2D eigenvalue weighted by atomic mass is 79.9. The molecule has 8 heteroatoms. The molecule has 36 heavy (non-hydrogen) atoms. The summed E-state index contributed by atoms with van der Waals surface area (Å²) in [5.74, 6) is 2.59. The second-order valence-corrected chi connectivity index (χ2v) is 9.27. The van der Waals surface area contributed by atoms with E-state index < -0.39 is 0 Å². The average Bonchev–Trinajstić information content (AvgIpc) is 3.36. The maximum Gasteiger partial charge on any atom is 0.282 e. The van der Waals surface area contributed by atoms with E-state index in [1.54, 1.807) is 19.2 Å². The zero-order valence-corrected chi connectivity index (χ0v) is 20.9. The minimum absolute atomic E-state index is 0.226. The molecule has 4 aromatic carbocycles. The number of ether oxygens (including phenoxy) is 3. The monoisotopic (exact) mass is 541 g/mol. The molecule has 0 saturated carbocycles. The number of fused-ring (bicyclic) bond motifs is 3. The molecule has 178 valence electrons. The number of benzene rings is 4. The van der Waals surface area contributed by atoms with E-state index >= 15 is 0 Å². The van der Waals surface area contributed by atoms with Gasteiger partial charge in [-0.05, 0) is 59.7 Å². The van der Waals surface area contributed by atoms with Crippen LogP contribution in [0.4, 0.5) is 0 Å². The van der Waals surface area contributed by atoms with E-state index in [9.17, 15) is 4.79 Å². The van der Waals surface area contributed by atoms with E-state index in [2.05, 4.69) is 26.0 Å². The molecule has 0 amide bonds. The number of hydrogen-bond donors (Lipinski definition) is 0. The normalized spacial score (nSPS) is 12.6. The largest absolute Gasteiger partial charge is 0.488 e. The molecule has 0 atom stereocenters. The summed E-state index contributed by atoms with van der Waals surface area (Å²) in [6.07, 6.45) is 1.66. The molecule has 2 heterocycles. The molecular formula is C28H20BrN3O4. The van der Waals surface area contributed by atoms with Crippen molar-refractivity contribution in [2.45, 2.75) is 13.5 Å². The maximum absolute atomic E-state index is 13.2. The van der Waals surface area contributed by atoms with Crippen LogP contribution in [0.3, 0.4) is 0 Å². The van der Waals surface area contributed by atoms with Crippen LogP contribution in [-0.2, 0) is 6.61 Å². The number of nitrogens with zero attached hydrogens (tertiary/aromatic N) is 3. The predicted molar refractivity (Wildman–Crippen MR) is 142 cm³/mol. The summed E-state index contributed by atoms with van der Waals surface area (Å²) in [6.45, 7) is 2.32. The topological polar surface area (TPSA) is 74.9 Å². The molecule has 7 nitrogen and oxygen atoms in total. The Hall–Kier alpha value is -4.17. The molecule has 0 bridgehead atoms. The van der Waals surface area contributed by atoms with Crippen molar-refractivity contribution in [3.8, 4) is 17.2 Å². The highest BCUT2D eigenvalue weighted by Gasteiger charge is 2.14. The Labute approximate surface area is 214 Å². The summed E-state index contributed by atoms with van der Waals surface area (Å²) in [4.78, 5) is 17.8. The summed E-state index contributed by atoms with van der Waals surface area (Å²) < 4.78 is 19.2. The Morgan fingerprint density at radius 1 is 1.03 bits per heavy atom. The molecule has 0 radical (unpaired) electrons. The Balaban J connectivity index is 1.40. The van der Waals surface area contributed by atoms with Gasteiger partial charge in [0, 0.05) is 10.0 Å². The number of hydrogen-bond acceptors (Lipinski definition) is 6. The van der Waals surface area contributed by atoms with E-state index in [1.807, 2.05) is 66.7 Å².